The first-order valence-electron chi connectivity index (χ1n) is 7.99. The Morgan fingerprint density at radius 1 is 1.13 bits per heavy atom. The Bertz CT molecular complexity index is 679. The molecule has 4 nitrogen and oxygen atoms in total. The number of para-hydroxylation sites is 2. The Labute approximate surface area is 137 Å². The number of nitrogens with zero attached hydrogens (tertiary/aromatic N) is 1. The van der Waals surface area contributed by atoms with E-state index in [-0.39, 0.29) is 5.91 Å². The summed E-state index contributed by atoms with van der Waals surface area (Å²) in [4.78, 5) is 14.6. The average Bonchev–Trinajstić information content (AvgIpc) is 2.56. The molecule has 1 aliphatic heterocycles. The number of benzene rings is 2. The Morgan fingerprint density at radius 3 is 2.70 bits per heavy atom. The van der Waals surface area contributed by atoms with Crippen LogP contribution in [0.25, 0.3) is 0 Å². The van der Waals surface area contributed by atoms with Crippen molar-refractivity contribution in [3.8, 4) is 0 Å². The van der Waals surface area contributed by atoms with Crippen LogP contribution in [0, 0.1) is 6.92 Å². The molecule has 0 aliphatic carbocycles. The van der Waals surface area contributed by atoms with Gasteiger partial charge in [-0.25, -0.2) is 0 Å². The second-order valence-electron chi connectivity index (χ2n) is 5.83. The molecule has 120 valence electrons. The van der Waals surface area contributed by atoms with Crippen LogP contribution in [-0.4, -0.2) is 32.2 Å². The van der Waals surface area contributed by atoms with Gasteiger partial charge in [0.05, 0.1) is 31.0 Å². The molecular formula is C19H22N2O2. The third-order valence-electron chi connectivity index (χ3n) is 3.98. The molecule has 0 saturated carbocycles. The van der Waals surface area contributed by atoms with Gasteiger partial charge in [-0.3, -0.25) is 4.79 Å². The van der Waals surface area contributed by atoms with Crippen LogP contribution in [0.15, 0.2) is 48.5 Å². The zero-order chi connectivity index (χ0) is 16.1. The molecule has 0 radical (unpaired) electrons. The number of amides is 1. The van der Waals surface area contributed by atoms with Crippen molar-refractivity contribution in [2.24, 2.45) is 0 Å². The first-order valence-corrected chi connectivity index (χ1v) is 7.99. The van der Waals surface area contributed by atoms with Crippen LogP contribution in [0.2, 0.25) is 0 Å². The van der Waals surface area contributed by atoms with Crippen molar-refractivity contribution in [3.63, 3.8) is 0 Å². The van der Waals surface area contributed by atoms with Gasteiger partial charge in [0, 0.05) is 13.1 Å². The zero-order valence-corrected chi connectivity index (χ0v) is 13.4. The molecule has 23 heavy (non-hydrogen) atoms. The summed E-state index contributed by atoms with van der Waals surface area (Å²) >= 11 is 0. The van der Waals surface area contributed by atoms with Crippen LogP contribution in [0.3, 0.4) is 0 Å². The molecule has 3 rings (SSSR count). The monoisotopic (exact) mass is 310 g/mol. The Hall–Kier alpha value is -2.33. The van der Waals surface area contributed by atoms with Crippen LogP contribution >= 0.6 is 0 Å². The third-order valence-corrected chi connectivity index (χ3v) is 3.98. The maximum absolute atomic E-state index is 12.4. The van der Waals surface area contributed by atoms with Gasteiger partial charge >= 0.3 is 0 Å². The molecular weight excluding hydrogens is 288 g/mol. The van der Waals surface area contributed by atoms with E-state index in [1.807, 2.05) is 55.5 Å². The lowest BCUT2D eigenvalue weighted by Crippen LogP contribution is -2.36. The number of carbonyl (C=O) groups is 1. The fraction of sp³-hybridized carbons (Fsp3) is 0.316. The fourth-order valence-corrected chi connectivity index (χ4v) is 2.86. The maximum atomic E-state index is 12.4. The normalized spacial score (nSPS) is 14.6. The van der Waals surface area contributed by atoms with Gasteiger partial charge < -0.3 is 15.0 Å². The van der Waals surface area contributed by atoms with Crippen molar-refractivity contribution in [1.29, 1.82) is 0 Å². The largest absolute Gasteiger partial charge is 0.378 e. The maximum Gasteiger partial charge on any atom is 0.228 e. The lowest BCUT2D eigenvalue weighted by molar-refractivity contribution is -0.115. The van der Waals surface area contributed by atoms with Crippen LogP contribution in [0.5, 0.6) is 0 Å². The summed E-state index contributed by atoms with van der Waals surface area (Å²) < 4.78 is 5.40. The van der Waals surface area contributed by atoms with Crippen molar-refractivity contribution in [2.75, 3.05) is 36.5 Å². The predicted molar refractivity (Wildman–Crippen MR) is 93.0 cm³/mol. The van der Waals surface area contributed by atoms with Crippen molar-refractivity contribution >= 4 is 17.3 Å². The summed E-state index contributed by atoms with van der Waals surface area (Å²) in [6.45, 7) is 5.20. The lowest BCUT2D eigenvalue weighted by atomic mass is 10.1. The standard InChI is InChI=1S/C19H22N2O2/c1-15-5-4-6-16(13-15)14-19(22)20-17-7-2-3-8-18(17)21-9-11-23-12-10-21/h2-8,13H,9-12,14H2,1H3,(H,20,22). The SMILES string of the molecule is Cc1cccc(CC(=O)Nc2ccccc2N2CCOCC2)c1. The smallest absolute Gasteiger partial charge is 0.228 e. The highest BCUT2D eigenvalue weighted by Crippen LogP contribution is 2.26. The van der Waals surface area contributed by atoms with Gasteiger partial charge in [-0.1, -0.05) is 42.0 Å². The molecule has 0 atom stereocenters. The van der Waals surface area contributed by atoms with Gasteiger partial charge in [0.2, 0.25) is 5.91 Å². The Kier molecular flexibility index (Phi) is 4.93. The number of anilines is 2. The number of hydrogen-bond acceptors (Lipinski definition) is 3. The van der Waals surface area contributed by atoms with Crippen molar-refractivity contribution in [3.05, 3.63) is 59.7 Å². The topological polar surface area (TPSA) is 41.6 Å². The summed E-state index contributed by atoms with van der Waals surface area (Å²) in [6.07, 6.45) is 0.388. The molecule has 1 heterocycles. The van der Waals surface area contributed by atoms with E-state index < -0.39 is 0 Å². The van der Waals surface area contributed by atoms with E-state index in [1.165, 1.54) is 5.56 Å². The Balaban J connectivity index is 1.71. The fourth-order valence-electron chi connectivity index (χ4n) is 2.86. The third kappa shape index (κ3) is 4.11. The van der Waals surface area contributed by atoms with E-state index in [1.54, 1.807) is 0 Å². The second kappa shape index (κ2) is 7.29. The van der Waals surface area contributed by atoms with E-state index >= 15 is 0 Å². The zero-order valence-electron chi connectivity index (χ0n) is 13.4. The quantitative estimate of drug-likeness (QED) is 0.944. The summed E-state index contributed by atoms with van der Waals surface area (Å²) in [6, 6.07) is 16.0. The molecule has 1 N–H and O–H groups in total. The minimum atomic E-state index is 0.0105. The number of aryl methyl sites for hydroxylation is 1. The first-order chi connectivity index (χ1) is 11.2. The van der Waals surface area contributed by atoms with Crippen molar-refractivity contribution in [1.82, 2.24) is 0 Å². The molecule has 1 aliphatic rings. The summed E-state index contributed by atoms with van der Waals surface area (Å²) in [5.41, 5.74) is 4.14. The number of ether oxygens (including phenoxy) is 1. The van der Waals surface area contributed by atoms with Gasteiger partial charge in [0.1, 0.15) is 0 Å². The molecule has 1 amide bonds. The van der Waals surface area contributed by atoms with Crippen molar-refractivity contribution in [2.45, 2.75) is 13.3 Å². The molecule has 0 aromatic heterocycles. The number of morpholine rings is 1. The van der Waals surface area contributed by atoms with E-state index in [4.69, 9.17) is 4.74 Å². The highest BCUT2D eigenvalue weighted by atomic mass is 16.5. The van der Waals surface area contributed by atoms with E-state index in [0.29, 0.717) is 6.42 Å². The lowest BCUT2D eigenvalue weighted by Gasteiger charge is -2.30. The average molecular weight is 310 g/mol. The van der Waals surface area contributed by atoms with Crippen molar-refractivity contribution < 1.29 is 9.53 Å². The van der Waals surface area contributed by atoms with E-state index in [0.717, 1.165) is 43.2 Å². The molecule has 1 saturated heterocycles. The molecule has 2 aromatic rings. The van der Waals surface area contributed by atoms with Gasteiger partial charge in [-0.2, -0.15) is 0 Å². The highest BCUT2D eigenvalue weighted by Gasteiger charge is 2.15. The van der Waals surface area contributed by atoms with Gasteiger partial charge in [-0.15, -0.1) is 0 Å². The Morgan fingerprint density at radius 2 is 1.91 bits per heavy atom. The number of rotatable bonds is 4. The number of hydrogen-bond donors (Lipinski definition) is 1. The van der Waals surface area contributed by atoms with Gasteiger partial charge in [0.15, 0.2) is 0 Å². The second-order valence-corrected chi connectivity index (χ2v) is 5.83. The van der Waals surface area contributed by atoms with E-state index in [2.05, 4.69) is 10.2 Å². The van der Waals surface area contributed by atoms with Gasteiger partial charge in [-0.05, 0) is 24.6 Å². The van der Waals surface area contributed by atoms with E-state index in [9.17, 15) is 4.79 Å². The number of carbonyl (C=O) groups excluding carboxylic acids is 1. The summed E-state index contributed by atoms with van der Waals surface area (Å²) in [7, 11) is 0. The molecule has 0 bridgehead atoms. The van der Waals surface area contributed by atoms with Crippen LogP contribution < -0.4 is 10.2 Å². The minimum Gasteiger partial charge on any atom is -0.378 e. The summed E-state index contributed by atoms with van der Waals surface area (Å²) in [5, 5.41) is 3.05. The summed E-state index contributed by atoms with van der Waals surface area (Å²) in [5.74, 6) is 0.0105. The van der Waals surface area contributed by atoms with Crippen LogP contribution in [-0.2, 0) is 16.0 Å². The van der Waals surface area contributed by atoms with Crippen LogP contribution in [0.1, 0.15) is 11.1 Å². The van der Waals surface area contributed by atoms with Gasteiger partial charge in [0.25, 0.3) is 0 Å². The molecule has 4 heteroatoms. The minimum absolute atomic E-state index is 0.0105. The predicted octanol–water partition coefficient (Wildman–Crippen LogP) is 3.01. The molecule has 0 spiro atoms. The molecule has 0 unspecified atom stereocenters. The highest BCUT2D eigenvalue weighted by molar-refractivity contribution is 5.95. The first kappa shape index (κ1) is 15.6. The molecule has 2 aromatic carbocycles. The molecule has 1 fully saturated rings. The van der Waals surface area contributed by atoms with Crippen LogP contribution in [0.4, 0.5) is 11.4 Å². The number of nitrogens with one attached hydrogen (secondary N) is 1.